The van der Waals surface area contributed by atoms with Crippen LogP contribution in [0.25, 0.3) is 0 Å². The Bertz CT molecular complexity index is 1330. The molecule has 0 unspecified atom stereocenters. The summed E-state index contributed by atoms with van der Waals surface area (Å²) in [5.41, 5.74) is 2.57. The fraction of sp³-hybridized carbons (Fsp3) is 0.185. The third-order valence-electron chi connectivity index (χ3n) is 5.28. The van der Waals surface area contributed by atoms with Crippen LogP contribution < -0.4 is 16.1 Å². The van der Waals surface area contributed by atoms with Gasteiger partial charge in [-0.2, -0.15) is 0 Å². The van der Waals surface area contributed by atoms with E-state index in [1.165, 1.54) is 12.3 Å². The molecule has 2 aromatic carbocycles. The molecule has 7 heteroatoms. The molecule has 3 aromatic rings. The van der Waals surface area contributed by atoms with Crippen LogP contribution in [0.1, 0.15) is 27.2 Å². The molecule has 3 N–H and O–H groups in total. The van der Waals surface area contributed by atoms with Crippen molar-refractivity contribution in [3.8, 4) is 29.4 Å². The monoisotopic (exact) mass is 453 g/mol. The summed E-state index contributed by atoms with van der Waals surface area (Å²) < 4.78 is 5.16. The molecule has 0 bridgehead atoms. The molecule has 0 spiro atoms. The first-order valence-electron chi connectivity index (χ1n) is 10.9. The average Bonchev–Trinajstić information content (AvgIpc) is 2.89. The van der Waals surface area contributed by atoms with Crippen molar-refractivity contribution < 1.29 is 14.3 Å². The summed E-state index contributed by atoms with van der Waals surface area (Å²) >= 11 is 0. The molecule has 1 aliphatic rings. The van der Waals surface area contributed by atoms with E-state index in [2.05, 4.69) is 34.3 Å². The van der Waals surface area contributed by atoms with E-state index >= 15 is 0 Å². The third kappa shape index (κ3) is 5.86. The third-order valence-corrected chi connectivity index (χ3v) is 5.28. The van der Waals surface area contributed by atoms with Crippen LogP contribution in [0.15, 0.2) is 70.1 Å². The molecule has 0 atom stereocenters. The van der Waals surface area contributed by atoms with Crippen LogP contribution in [-0.2, 0) is 6.54 Å². The number of hydrogen-bond donors (Lipinski definition) is 3. The van der Waals surface area contributed by atoms with Crippen LogP contribution in [0.2, 0.25) is 0 Å². The van der Waals surface area contributed by atoms with Gasteiger partial charge in [-0.1, -0.05) is 11.8 Å². The van der Waals surface area contributed by atoms with Crippen molar-refractivity contribution in [3.63, 3.8) is 0 Å². The Morgan fingerprint density at radius 2 is 1.59 bits per heavy atom. The summed E-state index contributed by atoms with van der Waals surface area (Å²) in [6, 6.07) is 15.8. The van der Waals surface area contributed by atoms with Crippen molar-refractivity contribution in [3.05, 3.63) is 93.5 Å². The quantitative estimate of drug-likeness (QED) is 0.526. The predicted octanol–water partition coefficient (Wildman–Crippen LogP) is 2.41. The van der Waals surface area contributed by atoms with Crippen molar-refractivity contribution in [2.24, 2.45) is 0 Å². The Hall–Kier alpha value is -4.46. The number of rotatable bonds is 4. The number of nitrogens with zero attached hydrogens (tertiary/aromatic N) is 1. The average molecular weight is 453 g/mol. The van der Waals surface area contributed by atoms with Gasteiger partial charge in [0.2, 0.25) is 11.2 Å². The van der Waals surface area contributed by atoms with Crippen molar-refractivity contribution in [1.29, 1.82) is 0 Å². The van der Waals surface area contributed by atoms with Gasteiger partial charge in [0.25, 0.3) is 5.91 Å². The molecule has 0 saturated carbocycles. The number of carbonyl (C=O) groups is 1. The second-order valence-electron chi connectivity index (χ2n) is 7.61. The normalized spacial score (nSPS) is 12.6. The van der Waals surface area contributed by atoms with E-state index in [0.717, 1.165) is 43.0 Å². The molecule has 7 nitrogen and oxygen atoms in total. The zero-order valence-electron chi connectivity index (χ0n) is 18.4. The van der Waals surface area contributed by atoms with Crippen LogP contribution in [0.4, 0.5) is 5.69 Å². The van der Waals surface area contributed by atoms with E-state index < -0.39 is 11.2 Å². The number of carbonyl (C=O) groups excluding carboxylic acids is 1. The SMILES string of the molecule is O=C(c1ccc(C#CC#Cc2ccc(NCc3occc(=O)c3O)cc2)cc1)N1CCNCC1. The van der Waals surface area contributed by atoms with E-state index in [-0.39, 0.29) is 18.2 Å². The van der Waals surface area contributed by atoms with E-state index in [0.29, 0.717) is 5.56 Å². The standard InChI is InChI=1S/C27H23N3O4/c31-24-13-18-34-25(26(24)32)19-29-23-11-7-21(8-12-23)4-2-1-3-20-5-9-22(10-6-20)27(33)30-16-14-28-15-17-30/h5-13,18,28-29,32H,14-17,19H2. The van der Waals surface area contributed by atoms with Gasteiger partial charge >= 0.3 is 0 Å². The Kier molecular flexibility index (Phi) is 7.29. The van der Waals surface area contributed by atoms with Crippen LogP contribution in [0, 0.1) is 23.7 Å². The second kappa shape index (κ2) is 10.9. The molecule has 1 amide bonds. The zero-order chi connectivity index (χ0) is 23.8. The molecule has 0 aliphatic carbocycles. The number of nitrogens with one attached hydrogen (secondary N) is 2. The van der Waals surface area contributed by atoms with Crippen LogP contribution in [0.5, 0.6) is 5.75 Å². The molecular formula is C27H23N3O4. The van der Waals surface area contributed by atoms with E-state index in [1.54, 1.807) is 12.1 Å². The number of piperazine rings is 1. The summed E-state index contributed by atoms with van der Waals surface area (Å²) in [5, 5.41) is 16.0. The number of anilines is 1. The van der Waals surface area contributed by atoms with Gasteiger partial charge in [-0.05, 0) is 60.4 Å². The van der Waals surface area contributed by atoms with Gasteiger partial charge in [0.15, 0.2) is 5.76 Å². The summed E-state index contributed by atoms with van der Waals surface area (Å²) in [7, 11) is 0. The number of hydrogen-bond acceptors (Lipinski definition) is 6. The van der Waals surface area contributed by atoms with Gasteiger partial charge < -0.3 is 25.1 Å². The maximum absolute atomic E-state index is 12.5. The molecule has 1 saturated heterocycles. The Morgan fingerprint density at radius 1 is 0.971 bits per heavy atom. The predicted molar refractivity (Wildman–Crippen MR) is 129 cm³/mol. The highest BCUT2D eigenvalue weighted by Gasteiger charge is 2.17. The molecule has 2 heterocycles. The Balaban J connectivity index is 1.31. The molecular weight excluding hydrogens is 430 g/mol. The highest BCUT2D eigenvalue weighted by atomic mass is 16.4. The van der Waals surface area contributed by atoms with Gasteiger partial charge in [0.1, 0.15) is 0 Å². The number of amides is 1. The Labute approximate surface area is 197 Å². The summed E-state index contributed by atoms with van der Waals surface area (Å²) in [5.74, 6) is 11.5. The second-order valence-corrected chi connectivity index (χ2v) is 7.61. The summed E-state index contributed by atoms with van der Waals surface area (Å²) in [6.45, 7) is 3.28. The lowest BCUT2D eigenvalue weighted by Crippen LogP contribution is -2.46. The van der Waals surface area contributed by atoms with E-state index in [4.69, 9.17) is 4.42 Å². The maximum atomic E-state index is 12.5. The number of benzene rings is 2. The fourth-order valence-corrected chi connectivity index (χ4v) is 3.38. The van der Waals surface area contributed by atoms with Gasteiger partial charge in [0.05, 0.1) is 12.8 Å². The first-order valence-corrected chi connectivity index (χ1v) is 10.9. The van der Waals surface area contributed by atoms with Crippen molar-refractivity contribution in [2.75, 3.05) is 31.5 Å². The topological polar surface area (TPSA) is 94.8 Å². The molecule has 1 aromatic heterocycles. The largest absolute Gasteiger partial charge is 0.502 e. The molecule has 4 rings (SSSR count). The molecule has 0 radical (unpaired) electrons. The van der Waals surface area contributed by atoms with Crippen molar-refractivity contribution >= 4 is 11.6 Å². The Morgan fingerprint density at radius 3 is 2.24 bits per heavy atom. The lowest BCUT2D eigenvalue weighted by molar-refractivity contribution is 0.0736. The van der Waals surface area contributed by atoms with Crippen LogP contribution in [-0.4, -0.2) is 42.1 Å². The minimum absolute atomic E-state index is 0.0452. The highest BCUT2D eigenvalue weighted by molar-refractivity contribution is 5.94. The first-order chi connectivity index (χ1) is 16.6. The van der Waals surface area contributed by atoms with Gasteiger partial charge in [-0.25, -0.2) is 0 Å². The smallest absolute Gasteiger partial charge is 0.253 e. The van der Waals surface area contributed by atoms with Crippen molar-refractivity contribution in [2.45, 2.75) is 6.54 Å². The molecule has 34 heavy (non-hydrogen) atoms. The van der Waals surface area contributed by atoms with Crippen LogP contribution >= 0.6 is 0 Å². The minimum atomic E-state index is -0.477. The molecule has 1 fully saturated rings. The molecule has 170 valence electrons. The van der Waals surface area contributed by atoms with E-state index in [9.17, 15) is 14.7 Å². The zero-order valence-corrected chi connectivity index (χ0v) is 18.4. The molecule has 1 aliphatic heterocycles. The van der Waals surface area contributed by atoms with Gasteiger partial charge in [-0.3, -0.25) is 9.59 Å². The lowest BCUT2D eigenvalue weighted by atomic mass is 10.1. The van der Waals surface area contributed by atoms with Gasteiger partial charge in [-0.15, -0.1) is 0 Å². The van der Waals surface area contributed by atoms with Crippen LogP contribution in [0.3, 0.4) is 0 Å². The fourth-order valence-electron chi connectivity index (χ4n) is 3.38. The summed E-state index contributed by atoms with van der Waals surface area (Å²) in [4.78, 5) is 25.8. The van der Waals surface area contributed by atoms with E-state index in [1.807, 2.05) is 41.3 Å². The maximum Gasteiger partial charge on any atom is 0.253 e. The number of aromatic hydroxyl groups is 1. The lowest BCUT2D eigenvalue weighted by Gasteiger charge is -2.27. The minimum Gasteiger partial charge on any atom is -0.502 e. The van der Waals surface area contributed by atoms with Crippen molar-refractivity contribution in [1.82, 2.24) is 10.2 Å². The summed E-state index contributed by atoms with van der Waals surface area (Å²) in [6.07, 6.45) is 1.25. The first kappa shape index (κ1) is 22.7. The van der Waals surface area contributed by atoms with Gasteiger partial charge in [0, 0.05) is 54.6 Å². The highest BCUT2D eigenvalue weighted by Crippen LogP contribution is 2.15.